The van der Waals surface area contributed by atoms with Crippen molar-refractivity contribution >= 4 is 17.3 Å². The third-order valence-corrected chi connectivity index (χ3v) is 4.31. The lowest BCUT2D eigenvalue weighted by Crippen LogP contribution is -2.32. The van der Waals surface area contributed by atoms with Gasteiger partial charge in [-0.3, -0.25) is 4.79 Å². The summed E-state index contributed by atoms with van der Waals surface area (Å²) in [5.74, 6) is 0.155. The van der Waals surface area contributed by atoms with Crippen LogP contribution in [0.1, 0.15) is 37.0 Å². The van der Waals surface area contributed by atoms with Crippen molar-refractivity contribution in [2.75, 3.05) is 23.3 Å². The molecule has 0 radical (unpaired) electrons. The molecule has 0 aliphatic heterocycles. The lowest BCUT2D eigenvalue weighted by atomic mass is 10.1. The van der Waals surface area contributed by atoms with Crippen molar-refractivity contribution in [3.8, 4) is 0 Å². The highest BCUT2D eigenvalue weighted by molar-refractivity contribution is 5.93. The maximum Gasteiger partial charge on any atom is 0.228 e. The number of carbonyl (C=O) groups is 1. The topological polar surface area (TPSA) is 32.3 Å². The average Bonchev–Trinajstić information content (AvgIpc) is 2.57. The number of carbonyl (C=O) groups excluding carboxylic acids is 1. The summed E-state index contributed by atoms with van der Waals surface area (Å²) in [5.41, 5.74) is 5.85. The smallest absolute Gasteiger partial charge is 0.228 e. The first-order valence-electron chi connectivity index (χ1n) is 8.76. The van der Waals surface area contributed by atoms with E-state index < -0.39 is 0 Å². The van der Waals surface area contributed by atoms with E-state index in [1.807, 2.05) is 36.9 Å². The highest BCUT2D eigenvalue weighted by atomic mass is 16.2. The van der Waals surface area contributed by atoms with Gasteiger partial charge in [0.15, 0.2) is 0 Å². The number of anilines is 2. The SMILES string of the molecule is CCc1cccc(C)c1NCCC(=O)N(CC)c1cccc(C)c1. The van der Waals surface area contributed by atoms with Gasteiger partial charge in [0.2, 0.25) is 5.91 Å². The van der Waals surface area contributed by atoms with E-state index in [1.165, 1.54) is 22.4 Å². The second kappa shape index (κ2) is 8.53. The standard InChI is InChI=1S/C21H28N2O/c1-5-18-11-8-10-17(4)21(18)22-14-13-20(24)23(6-2)19-12-7-9-16(3)15-19/h7-12,15,22H,5-6,13-14H2,1-4H3. The second-order valence-electron chi connectivity index (χ2n) is 6.12. The first-order chi connectivity index (χ1) is 11.6. The number of para-hydroxylation sites is 1. The van der Waals surface area contributed by atoms with E-state index in [4.69, 9.17) is 0 Å². The highest BCUT2D eigenvalue weighted by Crippen LogP contribution is 2.21. The first-order valence-corrected chi connectivity index (χ1v) is 8.76. The number of nitrogens with one attached hydrogen (secondary N) is 1. The number of nitrogens with zero attached hydrogens (tertiary/aromatic N) is 1. The van der Waals surface area contributed by atoms with Gasteiger partial charge in [-0.1, -0.05) is 37.3 Å². The fourth-order valence-corrected chi connectivity index (χ4v) is 3.00. The minimum absolute atomic E-state index is 0.155. The molecule has 0 aliphatic rings. The van der Waals surface area contributed by atoms with Crippen molar-refractivity contribution < 1.29 is 4.79 Å². The largest absolute Gasteiger partial charge is 0.384 e. The number of amides is 1. The Morgan fingerprint density at radius 2 is 1.83 bits per heavy atom. The minimum atomic E-state index is 0.155. The zero-order valence-corrected chi connectivity index (χ0v) is 15.2. The molecule has 0 heterocycles. The van der Waals surface area contributed by atoms with Crippen LogP contribution in [0.2, 0.25) is 0 Å². The number of hydrogen-bond donors (Lipinski definition) is 1. The summed E-state index contributed by atoms with van der Waals surface area (Å²) in [4.78, 5) is 14.5. The molecular formula is C21H28N2O. The summed E-state index contributed by atoms with van der Waals surface area (Å²) in [6, 6.07) is 14.4. The predicted octanol–water partition coefficient (Wildman–Crippen LogP) is 4.72. The second-order valence-corrected chi connectivity index (χ2v) is 6.12. The summed E-state index contributed by atoms with van der Waals surface area (Å²) < 4.78 is 0. The van der Waals surface area contributed by atoms with Crippen LogP contribution >= 0.6 is 0 Å². The molecule has 0 aromatic heterocycles. The number of hydrogen-bond acceptors (Lipinski definition) is 2. The Morgan fingerprint density at radius 3 is 2.50 bits per heavy atom. The molecule has 0 spiro atoms. The van der Waals surface area contributed by atoms with E-state index in [9.17, 15) is 4.79 Å². The third-order valence-electron chi connectivity index (χ3n) is 4.31. The quantitative estimate of drug-likeness (QED) is 0.799. The van der Waals surface area contributed by atoms with Gasteiger partial charge in [0, 0.05) is 30.9 Å². The van der Waals surface area contributed by atoms with E-state index in [0.29, 0.717) is 19.5 Å². The average molecular weight is 324 g/mol. The number of aryl methyl sites for hydroxylation is 3. The lowest BCUT2D eigenvalue weighted by Gasteiger charge is -2.22. The van der Waals surface area contributed by atoms with Crippen molar-refractivity contribution in [1.29, 1.82) is 0 Å². The number of benzene rings is 2. The van der Waals surface area contributed by atoms with Crippen LogP contribution in [0.5, 0.6) is 0 Å². The van der Waals surface area contributed by atoms with Crippen LogP contribution in [0.25, 0.3) is 0 Å². The van der Waals surface area contributed by atoms with Gasteiger partial charge in [0.1, 0.15) is 0 Å². The zero-order chi connectivity index (χ0) is 17.5. The summed E-state index contributed by atoms with van der Waals surface area (Å²) in [5, 5.41) is 3.46. The van der Waals surface area contributed by atoms with Crippen LogP contribution in [0.4, 0.5) is 11.4 Å². The van der Waals surface area contributed by atoms with Gasteiger partial charge < -0.3 is 10.2 Å². The molecule has 0 saturated carbocycles. The van der Waals surface area contributed by atoms with Gasteiger partial charge in [0.25, 0.3) is 0 Å². The highest BCUT2D eigenvalue weighted by Gasteiger charge is 2.14. The molecule has 0 saturated heterocycles. The molecule has 2 rings (SSSR count). The minimum Gasteiger partial charge on any atom is -0.384 e. The molecule has 24 heavy (non-hydrogen) atoms. The molecule has 128 valence electrons. The number of rotatable bonds is 7. The Labute approximate surface area is 145 Å². The van der Waals surface area contributed by atoms with Gasteiger partial charge in [0.05, 0.1) is 0 Å². The van der Waals surface area contributed by atoms with E-state index in [0.717, 1.165) is 12.1 Å². The van der Waals surface area contributed by atoms with Gasteiger partial charge in [-0.2, -0.15) is 0 Å². The molecule has 0 fully saturated rings. The van der Waals surface area contributed by atoms with Gasteiger partial charge in [-0.15, -0.1) is 0 Å². The van der Waals surface area contributed by atoms with Crippen LogP contribution in [0.3, 0.4) is 0 Å². The van der Waals surface area contributed by atoms with E-state index in [1.54, 1.807) is 0 Å². The molecule has 0 bridgehead atoms. The molecule has 2 aromatic rings. The van der Waals surface area contributed by atoms with Crippen LogP contribution in [0.15, 0.2) is 42.5 Å². The molecular weight excluding hydrogens is 296 g/mol. The van der Waals surface area contributed by atoms with Crippen molar-refractivity contribution in [2.24, 2.45) is 0 Å². The van der Waals surface area contributed by atoms with Crippen molar-refractivity contribution in [1.82, 2.24) is 0 Å². The maximum absolute atomic E-state index is 12.6. The Balaban J connectivity index is 2.00. The Kier molecular flexibility index (Phi) is 6.42. The summed E-state index contributed by atoms with van der Waals surface area (Å²) in [6.45, 7) is 9.67. The van der Waals surface area contributed by atoms with E-state index in [2.05, 4.69) is 43.4 Å². The van der Waals surface area contributed by atoms with E-state index >= 15 is 0 Å². The monoisotopic (exact) mass is 324 g/mol. The Morgan fingerprint density at radius 1 is 1.08 bits per heavy atom. The fraction of sp³-hybridized carbons (Fsp3) is 0.381. The zero-order valence-electron chi connectivity index (χ0n) is 15.2. The maximum atomic E-state index is 12.6. The van der Waals surface area contributed by atoms with Crippen LogP contribution < -0.4 is 10.2 Å². The Hall–Kier alpha value is -2.29. The molecule has 0 atom stereocenters. The van der Waals surface area contributed by atoms with Crippen LogP contribution in [-0.2, 0) is 11.2 Å². The van der Waals surface area contributed by atoms with Crippen molar-refractivity contribution in [3.63, 3.8) is 0 Å². The van der Waals surface area contributed by atoms with Crippen molar-refractivity contribution in [2.45, 2.75) is 40.5 Å². The Bertz CT molecular complexity index is 694. The fourth-order valence-electron chi connectivity index (χ4n) is 3.00. The third kappa shape index (κ3) is 4.38. The molecule has 0 unspecified atom stereocenters. The molecule has 1 N–H and O–H groups in total. The van der Waals surface area contributed by atoms with Gasteiger partial charge in [-0.05, 0) is 56.0 Å². The first kappa shape index (κ1) is 18.1. The normalized spacial score (nSPS) is 10.5. The van der Waals surface area contributed by atoms with E-state index in [-0.39, 0.29) is 5.91 Å². The molecule has 1 amide bonds. The summed E-state index contributed by atoms with van der Waals surface area (Å²) in [6.07, 6.45) is 1.47. The molecule has 2 aromatic carbocycles. The predicted molar refractivity (Wildman–Crippen MR) is 103 cm³/mol. The van der Waals surface area contributed by atoms with Crippen molar-refractivity contribution in [3.05, 3.63) is 59.2 Å². The summed E-state index contributed by atoms with van der Waals surface area (Å²) in [7, 11) is 0. The van der Waals surface area contributed by atoms with Gasteiger partial charge >= 0.3 is 0 Å². The van der Waals surface area contributed by atoms with Gasteiger partial charge in [-0.25, -0.2) is 0 Å². The van der Waals surface area contributed by atoms with Crippen LogP contribution in [-0.4, -0.2) is 19.0 Å². The molecule has 3 heteroatoms. The molecule has 3 nitrogen and oxygen atoms in total. The van der Waals surface area contributed by atoms with Crippen LogP contribution in [0, 0.1) is 13.8 Å². The lowest BCUT2D eigenvalue weighted by molar-refractivity contribution is -0.118. The molecule has 0 aliphatic carbocycles. The summed E-state index contributed by atoms with van der Waals surface area (Å²) >= 11 is 0.